The van der Waals surface area contributed by atoms with Crippen LogP contribution < -0.4 is 5.73 Å². The van der Waals surface area contributed by atoms with Gasteiger partial charge in [-0.05, 0) is 6.92 Å². The third-order valence-electron chi connectivity index (χ3n) is 2.96. The lowest BCUT2D eigenvalue weighted by molar-refractivity contribution is -0.0771. The first kappa shape index (κ1) is 13.0. The molecule has 1 fully saturated rings. The Morgan fingerprint density at radius 3 is 3.00 bits per heavy atom. The fraction of sp³-hybridized carbons (Fsp3) is 0.545. The third-order valence-corrected chi connectivity index (χ3v) is 2.96. The number of aliphatic hydroxyl groups is 1. The lowest BCUT2D eigenvalue weighted by Crippen LogP contribution is -2.44. The van der Waals surface area contributed by atoms with Gasteiger partial charge in [-0.2, -0.15) is 0 Å². The maximum Gasteiger partial charge on any atom is 0.181 e. The number of hydrogen-bond acceptors (Lipinski definition) is 5. The first-order valence-corrected chi connectivity index (χ1v) is 5.49. The van der Waals surface area contributed by atoms with E-state index in [1.54, 1.807) is 0 Å². The summed E-state index contributed by atoms with van der Waals surface area (Å²) in [5.41, 5.74) is 3.55. The van der Waals surface area contributed by atoms with E-state index in [1.807, 2.05) is 0 Å². The molecule has 0 radical (unpaired) electrons. The van der Waals surface area contributed by atoms with Crippen LogP contribution in [0.5, 0.6) is 0 Å². The van der Waals surface area contributed by atoms with Gasteiger partial charge < -0.3 is 20.5 Å². The lowest BCUT2D eigenvalue weighted by Gasteiger charge is -2.33. The highest BCUT2D eigenvalue weighted by Gasteiger charge is 2.49. The molecule has 2 aliphatic rings. The largest absolute Gasteiger partial charge is 0.394 e. The predicted molar refractivity (Wildman–Crippen MR) is 61.7 cm³/mol. The zero-order valence-electron chi connectivity index (χ0n) is 9.94. The smallest absolute Gasteiger partial charge is 0.181 e. The zero-order chi connectivity index (χ0) is 13.5. The molecule has 3 N–H and O–H groups in total. The molecule has 0 amide bonds. The molecule has 5 nitrogen and oxygen atoms in total. The van der Waals surface area contributed by atoms with Gasteiger partial charge in [-0.1, -0.05) is 6.58 Å². The lowest BCUT2D eigenvalue weighted by atomic mass is 10.0. The van der Waals surface area contributed by atoms with E-state index in [0.29, 0.717) is 0 Å². The minimum Gasteiger partial charge on any atom is -0.394 e. The highest BCUT2D eigenvalue weighted by molar-refractivity contribution is 5.96. The quantitative estimate of drug-likeness (QED) is 0.768. The predicted octanol–water partition coefficient (Wildman–Crippen LogP) is 0.777. The Morgan fingerprint density at radius 1 is 1.78 bits per heavy atom. The van der Waals surface area contributed by atoms with Gasteiger partial charge in [0.1, 0.15) is 5.82 Å². The molecule has 0 aliphatic carbocycles. The summed E-state index contributed by atoms with van der Waals surface area (Å²) in [6.07, 6.45) is -0.679. The number of nitrogens with two attached hydrogens (primary N) is 1. The summed E-state index contributed by atoms with van der Waals surface area (Å²) in [6.45, 7) is 4.61. The highest BCUT2D eigenvalue weighted by atomic mass is 19.1. The minimum absolute atomic E-state index is 0.0204. The summed E-state index contributed by atoms with van der Waals surface area (Å²) in [4.78, 5) is 4.83. The van der Waals surface area contributed by atoms with Crippen LogP contribution in [0.15, 0.2) is 29.4 Å². The molecule has 2 rings (SSSR count). The van der Waals surface area contributed by atoms with Gasteiger partial charge in [0, 0.05) is 12.6 Å². The van der Waals surface area contributed by atoms with Crippen LogP contribution in [0.4, 0.5) is 8.78 Å². The first-order chi connectivity index (χ1) is 8.35. The summed E-state index contributed by atoms with van der Waals surface area (Å²) in [7, 11) is 0. The Morgan fingerprint density at radius 2 is 2.44 bits per heavy atom. The fourth-order valence-corrected chi connectivity index (χ4v) is 2.10. The van der Waals surface area contributed by atoms with E-state index >= 15 is 0 Å². The molecule has 0 saturated carbocycles. The van der Waals surface area contributed by atoms with Gasteiger partial charge in [-0.25, -0.2) is 13.8 Å². The molecule has 100 valence electrons. The van der Waals surface area contributed by atoms with Crippen LogP contribution in [-0.4, -0.2) is 40.4 Å². The van der Waals surface area contributed by atoms with Crippen LogP contribution >= 0.6 is 0 Å². The van der Waals surface area contributed by atoms with Crippen molar-refractivity contribution in [3.05, 3.63) is 24.4 Å². The van der Waals surface area contributed by atoms with Crippen molar-refractivity contribution >= 4 is 5.84 Å². The maximum atomic E-state index is 14.3. The first-order valence-electron chi connectivity index (χ1n) is 5.49. The number of hydrogen-bond donors (Lipinski definition) is 2. The average molecular weight is 259 g/mol. The van der Waals surface area contributed by atoms with Crippen LogP contribution in [0.3, 0.4) is 0 Å². The number of halogens is 2. The number of alkyl halides is 1. The van der Waals surface area contributed by atoms with Crippen molar-refractivity contribution < 1.29 is 18.6 Å². The average Bonchev–Trinajstić information content (AvgIpc) is 2.59. The van der Waals surface area contributed by atoms with Crippen molar-refractivity contribution in [2.45, 2.75) is 31.3 Å². The molecule has 1 unspecified atom stereocenters. The Bertz CT molecular complexity index is 434. The number of aliphatic hydroxyl groups excluding tert-OH is 1. The zero-order valence-corrected chi connectivity index (χ0v) is 9.94. The van der Waals surface area contributed by atoms with Gasteiger partial charge in [0.15, 0.2) is 23.6 Å². The van der Waals surface area contributed by atoms with Crippen molar-refractivity contribution in [1.82, 2.24) is 4.90 Å². The highest BCUT2D eigenvalue weighted by Crippen LogP contribution is 2.38. The van der Waals surface area contributed by atoms with E-state index in [-0.39, 0.29) is 24.7 Å². The minimum atomic E-state index is -1.74. The number of ether oxygens (including phenoxy) is 1. The molecule has 1 saturated heterocycles. The van der Waals surface area contributed by atoms with Gasteiger partial charge in [0.2, 0.25) is 0 Å². The van der Waals surface area contributed by atoms with Crippen LogP contribution in [0.25, 0.3) is 0 Å². The van der Waals surface area contributed by atoms with E-state index in [4.69, 9.17) is 15.6 Å². The summed E-state index contributed by atoms with van der Waals surface area (Å²) < 4.78 is 33.1. The molecule has 7 heteroatoms. The van der Waals surface area contributed by atoms with Crippen molar-refractivity contribution in [1.29, 1.82) is 0 Å². The van der Waals surface area contributed by atoms with Gasteiger partial charge in [-0.3, -0.25) is 0 Å². The molecular formula is C11H15F2N3O2. The SMILES string of the molecule is C=C1N=C(N)C(F)=CN1[C@@H]1O[C@H](CO)CC1(C)F. The number of aliphatic imine (C=N–C) groups is 1. The summed E-state index contributed by atoms with van der Waals surface area (Å²) in [6, 6.07) is 0. The standard InChI is InChI=1S/C11H15F2N3O2/c1-6-15-9(14)8(12)4-16(6)10-11(2,13)3-7(5-17)18-10/h4,7,10,17H,1,3,5H2,2H3,(H2,14,15)/t7-,10+,11?/m0/s1. The molecule has 0 aromatic heterocycles. The van der Waals surface area contributed by atoms with Crippen molar-refractivity contribution in [2.24, 2.45) is 10.7 Å². The van der Waals surface area contributed by atoms with Gasteiger partial charge in [0.05, 0.1) is 12.7 Å². The molecule has 3 atom stereocenters. The van der Waals surface area contributed by atoms with Gasteiger partial charge in [-0.15, -0.1) is 0 Å². The van der Waals surface area contributed by atoms with E-state index in [1.165, 1.54) is 6.92 Å². The van der Waals surface area contributed by atoms with E-state index in [9.17, 15) is 8.78 Å². The monoisotopic (exact) mass is 259 g/mol. The third kappa shape index (κ3) is 2.11. The molecule has 2 aliphatic heterocycles. The Kier molecular flexibility index (Phi) is 3.12. The molecule has 0 spiro atoms. The van der Waals surface area contributed by atoms with E-state index in [0.717, 1.165) is 11.1 Å². The van der Waals surface area contributed by atoms with E-state index in [2.05, 4.69) is 11.6 Å². The van der Waals surface area contributed by atoms with E-state index < -0.39 is 23.8 Å². The normalized spacial score (nSPS) is 36.7. The molecule has 0 bridgehead atoms. The number of rotatable bonds is 2. The number of nitrogens with zero attached hydrogens (tertiary/aromatic N) is 2. The van der Waals surface area contributed by atoms with Crippen molar-refractivity contribution in [2.75, 3.05) is 6.61 Å². The second-order valence-corrected chi connectivity index (χ2v) is 4.57. The maximum absolute atomic E-state index is 14.3. The van der Waals surface area contributed by atoms with Crippen LogP contribution in [-0.2, 0) is 4.74 Å². The topological polar surface area (TPSA) is 71.1 Å². The van der Waals surface area contributed by atoms with Crippen molar-refractivity contribution in [3.63, 3.8) is 0 Å². The molecule has 18 heavy (non-hydrogen) atoms. The fourth-order valence-electron chi connectivity index (χ4n) is 2.10. The van der Waals surface area contributed by atoms with Gasteiger partial charge >= 0.3 is 0 Å². The summed E-state index contributed by atoms with van der Waals surface area (Å²) in [5, 5.41) is 9.00. The number of amidine groups is 1. The van der Waals surface area contributed by atoms with Gasteiger partial charge in [0.25, 0.3) is 0 Å². The Hall–Kier alpha value is -1.47. The van der Waals surface area contributed by atoms with Crippen LogP contribution in [0, 0.1) is 0 Å². The Labute approximate surface area is 103 Å². The summed E-state index contributed by atoms with van der Waals surface area (Å²) >= 11 is 0. The molecule has 0 aromatic carbocycles. The molecule has 0 aromatic rings. The van der Waals surface area contributed by atoms with Crippen molar-refractivity contribution in [3.8, 4) is 0 Å². The second kappa shape index (κ2) is 4.33. The van der Waals surface area contributed by atoms with Crippen LogP contribution in [0.2, 0.25) is 0 Å². The Balaban J connectivity index is 2.25. The molecule has 2 heterocycles. The van der Waals surface area contributed by atoms with Crippen LogP contribution in [0.1, 0.15) is 13.3 Å². The summed E-state index contributed by atoms with van der Waals surface area (Å²) in [5.74, 6) is -0.968. The molecular weight excluding hydrogens is 244 g/mol. The second-order valence-electron chi connectivity index (χ2n) is 4.57.